The van der Waals surface area contributed by atoms with Gasteiger partial charge in [-0.2, -0.15) is 4.98 Å². The van der Waals surface area contributed by atoms with Crippen LogP contribution in [0.4, 0.5) is 10.2 Å². The van der Waals surface area contributed by atoms with Crippen molar-refractivity contribution in [3.8, 4) is 11.3 Å². The Morgan fingerprint density at radius 1 is 1.17 bits per heavy atom. The number of nitrogens with zero attached hydrogens (tertiary/aromatic N) is 5. The molecule has 0 spiro atoms. The molecule has 9 heteroatoms. The van der Waals surface area contributed by atoms with E-state index in [0.29, 0.717) is 50.4 Å². The lowest BCUT2D eigenvalue weighted by Gasteiger charge is -2.18. The molecule has 1 atom stereocenters. The first-order valence-electron chi connectivity index (χ1n) is 9.14. The molecule has 0 radical (unpaired) electrons. The van der Waals surface area contributed by atoms with Gasteiger partial charge in [0.15, 0.2) is 16.5 Å². The van der Waals surface area contributed by atoms with Gasteiger partial charge in [0.25, 0.3) is 0 Å². The van der Waals surface area contributed by atoms with E-state index in [9.17, 15) is 4.39 Å². The number of hydrogen-bond donors (Lipinski definition) is 2. The van der Waals surface area contributed by atoms with Gasteiger partial charge in [-0.25, -0.2) is 24.3 Å². The molecule has 0 amide bonds. The highest BCUT2D eigenvalue weighted by atomic mass is 35.5. The van der Waals surface area contributed by atoms with Gasteiger partial charge in [-0.3, -0.25) is 0 Å². The molecular formula is C21H14ClFN7+. The summed E-state index contributed by atoms with van der Waals surface area (Å²) in [6.45, 7) is 1.93. The molecule has 3 aromatic heterocycles. The normalized spacial score (nSPS) is 13.5. The van der Waals surface area contributed by atoms with Crippen LogP contribution in [0.1, 0.15) is 30.0 Å². The zero-order chi connectivity index (χ0) is 20.7. The van der Waals surface area contributed by atoms with Crippen molar-refractivity contribution in [3.05, 3.63) is 72.0 Å². The minimum atomic E-state index is -0.358. The number of imidazole rings is 1. The van der Waals surface area contributed by atoms with Crippen LogP contribution >= 0.6 is 11.6 Å². The number of halogens is 2. The van der Waals surface area contributed by atoms with E-state index in [2.05, 4.69) is 31.3 Å². The Kier molecular flexibility index (Phi) is 4.43. The number of allylic oxidation sites excluding steroid dienone is 2. The third-order valence-corrected chi connectivity index (χ3v) is 4.98. The molecule has 1 aliphatic rings. The van der Waals surface area contributed by atoms with E-state index < -0.39 is 0 Å². The third-order valence-electron chi connectivity index (χ3n) is 4.69. The van der Waals surface area contributed by atoms with E-state index in [1.165, 1.54) is 18.5 Å². The van der Waals surface area contributed by atoms with E-state index >= 15 is 0 Å². The Hall–Kier alpha value is -3.74. The second-order valence-electron chi connectivity index (χ2n) is 6.69. The van der Waals surface area contributed by atoms with E-state index in [1.807, 2.05) is 6.92 Å². The molecule has 0 unspecified atom stereocenters. The summed E-state index contributed by atoms with van der Waals surface area (Å²) in [5.74, 6) is 0.221. The third kappa shape index (κ3) is 3.18. The van der Waals surface area contributed by atoms with Gasteiger partial charge in [0.2, 0.25) is 11.4 Å². The summed E-state index contributed by atoms with van der Waals surface area (Å²) in [7, 11) is 0. The number of benzene rings is 1. The number of fused-ring (bicyclic) bond motifs is 2. The summed E-state index contributed by atoms with van der Waals surface area (Å²) in [5, 5.41) is 3.76. The van der Waals surface area contributed by atoms with Gasteiger partial charge in [-0.05, 0) is 19.1 Å². The maximum absolute atomic E-state index is 13.9. The zero-order valence-electron chi connectivity index (χ0n) is 15.7. The molecule has 7 nitrogen and oxygen atoms in total. The second-order valence-corrected chi connectivity index (χ2v) is 7.10. The smallest absolute Gasteiger partial charge is 0.221 e. The largest absolute Gasteiger partial charge is 0.360 e. The summed E-state index contributed by atoms with van der Waals surface area (Å²) in [5.41, 5.74) is 4.12. The first-order valence-corrected chi connectivity index (χ1v) is 9.52. The van der Waals surface area contributed by atoms with Crippen molar-refractivity contribution in [2.75, 3.05) is 5.32 Å². The molecule has 3 heterocycles. The first kappa shape index (κ1) is 18.3. The fraction of sp³-hybridized carbons (Fsp3) is 0.0952. The zero-order valence-corrected chi connectivity index (χ0v) is 16.4. The Morgan fingerprint density at radius 3 is 2.93 bits per heavy atom. The molecule has 0 saturated carbocycles. The molecule has 1 aromatic carbocycles. The van der Waals surface area contributed by atoms with E-state index in [1.54, 1.807) is 30.6 Å². The first-order chi connectivity index (χ1) is 14.6. The summed E-state index contributed by atoms with van der Waals surface area (Å²) in [4.78, 5) is 25.1. The van der Waals surface area contributed by atoms with Gasteiger partial charge in [-0.15, -0.1) is 0 Å². The Bertz CT molecular complexity index is 1330. The number of anilines is 1. The monoisotopic (exact) mass is 418 g/mol. The molecule has 5 rings (SSSR count). The topological polar surface area (TPSA) is 92.3 Å². The van der Waals surface area contributed by atoms with Gasteiger partial charge in [0.05, 0.1) is 18.1 Å². The highest BCUT2D eigenvalue weighted by Gasteiger charge is 2.27. The van der Waals surface area contributed by atoms with Crippen LogP contribution in [0.25, 0.3) is 33.5 Å². The second kappa shape index (κ2) is 7.26. The quantitative estimate of drug-likeness (QED) is 0.473. The van der Waals surface area contributed by atoms with E-state index in [4.69, 9.17) is 21.6 Å². The molecule has 4 aromatic rings. The molecule has 0 bridgehead atoms. The van der Waals surface area contributed by atoms with Crippen LogP contribution in [0.2, 0.25) is 0 Å². The van der Waals surface area contributed by atoms with Gasteiger partial charge in [0, 0.05) is 23.2 Å². The fourth-order valence-electron chi connectivity index (χ4n) is 3.30. The van der Waals surface area contributed by atoms with Crippen molar-refractivity contribution >= 4 is 39.7 Å². The molecule has 1 aliphatic carbocycles. The Balaban J connectivity index is 1.63. The van der Waals surface area contributed by atoms with Gasteiger partial charge in [-0.1, -0.05) is 12.1 Å². The van der Waals surface area contributed by atoms with Crippen molar-refractivity contribution in [2.45, 2.75) is 13.0 Å². The van der Waals surface area contributed by atoms with Crippen molar-refractivity contribution in [3.63, 3.8) is 0 Å². The molecule has 2 N–H and O–H groups in total. The van der Waals surface area contributed by atoms with E-state index in [-0.39, 0.29) is 11.9 Å². The van der Waals surface area contributed by atoms with Gasteiger partial charge in [0.1, 0.15) is 35.5 Å². The SMILES string of the molecule is C[C@H](Nc1ncnc2nc[nH]c12)c1nc2c(nc1-c1cccc(F)c1)C(Cl)=C[C+]=C2. The standard InChI is InChI=1S/C21H14ClFN7/c1-11(28-21-19-20(25-9-24-19)26-10-27-21)16-17(12-4-2-5-13(23)8-12)30-18-14(22)6-3-7-15(18)29-16/h2,4-11H,1H3,(H2,24,25,26,27,28)/q+1/t11-/m0/s1. The number of nitrogens with one attached hydrogen (secondary N) is 2. The van der Waals surface area contributed by atoms with Crippen LogP contribution in [0, 0.1) is 11.9 Å². The summed E-state index contributed by atoms with van der Waals surface area (Å²) < 4.78 is 13.9. The highest BCUT2D eigenvalue weighted by molar-refractivity contribution is 6.49. The Morgan fingerprint density at radius 2 is 2.07 bits per heavy atom. The van der Waals surface area contributed by atoms with Crippen LogP contribution in [0.3, 0.4) is 0 Å². The average molecular weight is 419 g/mol. The molecule has 0 saturated heterocycles. The highest BCUT2D eigenvalue weighted by Crippen LogP contribution is 2.33. The molecular weight excluding hydrogens is 405 g/mol. The Labute approximate surface area is 175 Å². The number of aromatic amines is 1. The average Bonchev–Trinajstić information content (AvgIpc) is 3.23. The predicted molar refractivity (Wildman–Crippen MR) is 113 cm³/mol. The predicted octanol–water partition coefficient (Wildman–Crippen LogP) is 4.53. The van der Waals surface area contributed by atoms with Crippen molar-refractivity contribution in [1.29, 1.82) is 0 Å². The van der Waals surface area contributed by atoms with Crippen molar-refractivity contribution < 1.29 is 4.39 Å². The lowest BCUT2D eigenvalue weighted by molar-refractivity contribution is 0.628. The number of H-pyrrole nitrogens is 1. The number of aromatic nitrogens is 6. The molecule has 0 aliphatic heterocycles. The summed E-state index contributed by atoms with van der Waals surface area (Å²) in [6, 6.07) is 5.91. The summed E-state index contributed by atoms with van der Waals surface area (Å²) >= 11 is 6.31. The molecule has 0 fully saturated rings. The van der Waals surface area contributed by atoms with Crippen LogP contribution < -0.4 is 5.32 Å². The van der Waals surface area contributed by atoms with Crippen molar-refractivity contribution in [2.24, 2.45) is 0 Å². The number of hydrogen-bond acceptors (Lipinski definition) is 6. The van der Waals surface area contributed by atoms with Crippen LogP contribution in [-0.2, 0) is 0 Å². The number of rotatable bonds is 4. The van der Waals surface area contributed by atoms with Gasteiger partial charge >= 0.3 is 0 Å². The maximum Gasteiger partial charge on any atom is 0.221 e. The minimum absolute atomic E-state index is 0.319. The lowest BCUT2D eigenvalue weighted by atomic mass is 10.0. The maximum atomic E-state index is 13.9. The van der Waals surface area contributed by atoms with Gasteiger partial charge < -0.3 is 10.3 Å². The van der Waals surface area contributed by atoms with E-state index in [0.717, 1.165) is 0 Å². The lowest BCUT2D eigenvalue weighted by Crippen LogP contribution is -2.15. The summed E-state index contributed by atoms with van der Waals surface area (Å²) in [6.07, 6.45) is 9.30. The molecule has 146 valence electrons. The van der Waals surface area contributed by atoms with Crippen LogP contribution in [-0.4, -0.2) is 29.9 Å². The van der Waals surface area contributed by atoms with Crippen molar-refractivity contribution in [1.82, 2.24) is 29.9 Å². The minimum Gasteiger partial charge on any atom is -0.360 e. The fourth-order valence-corrected chi connectivity index (χ4v) is 3.50. The molecule has 30 heavy (non-hydrogen) atoms. The van der Waals surface area contributed by atoms with Crippen LogP contribution in [0.15, 0.2) is 43.0 Å². The van der Waals surface area contributed by atoms with Crippen LogP contribution in [0.5, 0.6) is 0 Å².